The van der Waals surface area contributed by atoms with Crippen LogP contribution in [0.25, 0.3) is 10.8 Å². The van der Waals surface area contributed by atoms with E-state index in [4.69, 9.17) is 4.74 Å². The molecule has 0 aromatic heterocycles. The Labute approximate surface area is 124 Å². The Balaban J connectivity index is 1.70. The predicted octanol–water partition coefficient (Wildman–Crippen LogP) is 1.08. The number of hydrogen-bond donors (Lipinski definition) is 2. The second-order valence-corrected chi connectivity index (χ2v) is 5.54. The summed E-state index contributed by atoms with van der Waals surface area (Å²) in [6.07, 6.45) is 0. The first kappa shape index (κ1) is 14.0. The van der Waals surface area contributed by atoms with Crippen molar-refractivity contribution in [3.05, 3.63) is 42.5 Å². The number of benzene rings is 2. The van der Waals surface area contributed by atoms with E-state index in [1.807, 2.05) is 37.3 Å². The van der Waals surface area contributed by atoms with Gasteiger partial charge in [0.05, 0.1) is 13.2 Å². The predicted molar refractivity (Wildman–Crippen MR) is 83.6 cm³/mol. The maximum Gasteiger partial charge on any atom is 0.282 e. The summed E-state index contributed by atoms with van der Waals surface area (Å²) in [6.45, 7) is 5.25. The smallest absolute Gasteiger partial charge is 0.282 e. The van der Waals surface area contributed by atoms with Gasteiger partial charge < -0.3 is 15.0 Å². The fourth-order valence-electron chi connectivity index (χ4n) is 2.77. The average molecular weight is 285 g/mol. The number of carbonyl (C=O) groups excluding carboxylic acids is 1. The lowest BCUT2D eigenvalue weighted by molar-refractivity contribution is -0.921. The van der Waals surface area contributed by atoms with Crippen LogP contribution in [0.1, 0.15) is 6.92 Å². The van der Waals surface area contributed by atoms with Gasteiger partial charge in [0.25, 0.3) is 5.91 Å². The minimum atomic E-state index is -0.0552. The van der Waals surface area contributed by atoms with Crippen molar-refractivity contribution in [3.8, 4) is 0 Å². The largest absolute Gasteiger partial charge is 0.370 e. The number of rotatable bonds is 3. The lowest BCUT2D eigenvalue weighted by atomic mass is 10.1. The van der Waals surface area contributed by atoms with Crippen LogP contribution in [0.5, 0.6) is 0 Å². The molecule has 1 saturated heterocycles. The third-order valence-corrected chi connectivity index (χ3v) is 4.16. The van der Waals surface area contributed by atoms with Gasteiger partial charge in [0, 0.05) is 5.69 Å². The number of hydrogen-bond acceptors (Lipinski definition) is 2. The van der Waals surface area contributed by atoms with Gasteiger partial charge in [0.1, 0.15) is 13.1 Å². The summed E-state index contributed by atoms with van der Waals surface area (Å²) in [5.41, 5.74) is 0.859. The molecule has 0 aliphatic carbocycles. The van der Waals surface area contributed by atoms with Crippen molar-refractivity contribution < 1.29 is 14.4 Å². The van der Waals surface area contributed by atoms with Gasteiger partial charge in [0.15, 0.2) is 6.04 Å². The maximum absolute atomic E-state index is 12.4. The van der Waals surface area contributed by atoms with Crippen LogP contribution in [0.15, 0.2) is 42.5 Å². The third kappa shape index (κ3) is 3.23. The zero-order valence-electron chi connectivity index (χ0n) is 12.3. The molecule has 21 heavy (non-hydrogen) atoms. The minimum absolute atomic E-state index is 0.0552. The number of morpholine rings is 1. The SMILES string of the molecule is C[C@@H](C(=O)Nc1ccc2ccccc2c1)[NH+]1CCOCC1. The highest BCUT2D eigenvalue weighted by molar-refractivity contribution is 5.96. The van der Waals surface area contributed by atoms with Crippen molar-refractivity contribution in [1.29, 1.82) is 0 Å². The van der Waals surface area contributed by atoms with Crippen LogP contribution in [0, 0.1) is 0 Å². The summed E-state index contributed by atoms with van der Waals surface area (Å²) in [7, 11) is 0. The molecular weight excluding hydrogens is 264 g/mol. The van der Waals surface area contributed by atoms with Crippen molar-refractivity contribution in [1.82, 2.24) is 0 Å². The van der Waals surface area contributed by atoms with Crippen LogP contribution in [0.3, 0.4) is 0 Å². The quantitative estimate of drug-likeness (QED) is 0.886. The molecule has 1 amide bonds. The zero-order chi connectivity index (χ0) is 14.7. The molecule has 3 rings (SSSR count). The number of carbonyl (C=O) groups is 1. The van der Waals surface area contributed by atoms with Gasteiger partial charge in [-0.05, 0) is 29.8 Å². The van der Waals surface area contributed by atoms with E-state index in [0.29, 0.717) is 0 Å². The highest BCUT2D eigenvalue weighted by Gasteiger charge is 2.26. The fourth-order valence-corrected chi connectivity index (χ4v) is 2.77. The fraction of sp³-hybridized carbons (Fsp3) is 0.353. The zero-order valence-corrected chi connectivity index (χ0v) is 12.3. The van der Waals surface area contributed by atoms with Gasteiger partial charge in [-0.15, -0.1) is 0 Å². The molecule has 110 valence electrons. The van der Waals surface area contributed by atoms with E-state index in [-0.39, 0.29) is 11.9 Å². The van der Waals surface area contributed by atoms with Gasteiger partial charge >= 0.3 is 0 Å². The summed E-state index contributed by atoms with van der Waals surface area (Å²) < 4.78 is 5.34. The molecule has 2 N–H and O–H groups in total. The number of nitrogens with one attached hydrogen (secondary N) is 2. The van der Waals surface area contributed by atoms with E-state index in [2.05, 4.69) is 17.4 Å². The number of amides is 1. The standard InChI is InChI=1S/C17H20N2O2/c1-13(19-8-10-21-11-9-19)17(20)18-16-7-6-14-4-2-3-5-15(14)12-16/h2-7,12-13H,8-11H2,1H3,(H,18,20)/p+1/t13-/m0/s1. The van der Waals surface area contributed by atoms with Crippen molar-refractivity contribution in [2.24, 2.45) is 0 Å². The Morgan fingerprint density at radius 3 is 2.62 bits per heavy atom. The first-order valence-corrected chi connectivity index (χ1v) is 7.46. The summed E-state index contributed by atoms with van der Waals surface area (Å²) in [6, 6.07) is 14.1. The van der Waals surface area contributed by atoms with Crippen LogP contribution in [0.2, 0.25) is 0 Å². The van der Waals surface area contributed by atoms with Gasteiger partial charge in [-0.1, -0.05) is 30.3 Å². The molecule has 0 unspecified atom stereocenters. The van der Waals surface area contributed by atoms with E-state index in [1.54, 1.807) is 0 Å². The summed E-state index contributed by atoms with van der Waals surface area (Å²) in [5, 5.41) is 5.35. The second-order valence-electron chi connectivity index (χ2n) is 5.54. The topological polar surface area (TPSA) is 42.8 Å². The molecule has 2 aromatic carbocycles. The van der Waals surface area contributed by atoms with Crippen molar-refractivity contribution in [2.45, 2.75) is 13.0 Å². The van der Waals surface area contributed by atoms with E-state index in [0.717, 1.165) is 37.4 Å². The van der Waals surface area contributed by atoms with Crippen LogP contribution in [-0.4, -0.2) is 38.3 Å². The van der Waals surface area contributed by atoms with E-state index in [9.17, 15) is 4.79 Å². The first-order valence-electron chi connectivity index (χ1n) is 7.46. The Bertz CT molecular complexity index is 635. The minimum Gasteiger partial charge on any atom is -0.370 e. The normalized spacial score (nSPS) is 17.6. The highest BCUT2D eigenvalue weighted by Crippen LogP contribution is 2.18. The molecule has 1 atom stereocenters. The van der Waals surface area contributed by atoms with Crippen molar-refractivity contribution in [2.75, 3.05) is 31.6 Å². The maximum atomic E-state index is 12.4. The molecular formula is C17H21N2O2+. The Morgan fingerprint density at radius 2 is 1.86 bits per heavy atom. The average Bonchev–Trinajstić information content (AvgIpc) is 2.55. The molecule has 4 nitrogen and oxygen atoms in total. The molecule has 0 radical (unpaired) electrons. The van der Waals surface area contributed by atoms with Crippen LogP contribution >= 0.6 is 0 Å². The first-order chi connectivity index (χ1) is 10.2. The second kappa shape index (κ2) is 6.24. The molecule has 0 bridgehead atoms. The van der Waals surface area contributed by atoms with Crippen molar-refractivity contribution in [3.63, 3.8) is 0 Å². The molecule has 1 heterocycles. The number of anilines is 1. The van der Waals surface area contributed by atoms with Gasteiger partial charge in [-0.25, -0.2) is 0 Å². The summed E-state index contributed by atoms with van der Waals surface area (Å²) in [4.78, 5) is 13.7. The molecule has 2 aromatic rings. The van der Waals surface area contributed by atoms with Crippen molar-refractivity contribution >= 4 is 22.4 Å². The van der Waals surface area contributed by atoms with E-state index < -0.39 is 0 Å². The van der Waals surface area contributed by atoms with Crippen LogP contribution in [0.4, 0.5) is 5.69 Å². The molecule has 4 heteroatoms. The molecule has 0 spiro atoms. The molecule has 0 saturated carbocycles. The lowest BCUT2D eigenvalue weighted by Gasteiger charge is -2.28. The van der Waals surface area contributed by atoms with Crippen LogP contribution in [-0.2, 0) is 9.53 Å². The number of fused-ring (bicyclic) bond motifs is 1. The van der Waals surface area contributed by atoms with Crippen LogP contribution < -0.4 is 10.2 Å². The molecule has 1 aliphatic heterocycles. The Morgan fingerprint density at radius 1 is 1.14 bits per heavy atom. The summed E-state index contributed by atoms with van der Waals surface area (Å²) >= 11 is 0. The molecule has 1 aliphatic rings. The molecule has 1 fully saturated rings. The third-order valence-electron chi connectivity index (χ3n) is 4.16. The van der Waals surface area contributed by atoms with Gasteiger partial charge in [-0.3, -0.25) is 4.79 Å². The number of quaternary nitrogens is 1. The van der Waals surface area contributed by atoms with Gasteiger partial charge in [0.2, 0.25) is 0 Å². The lowest BCUT2D eigenvalue weighted by Crippen LogP contribution is -3.18. The highest BCUT2D eigenvalue weighted by atomic mass is 16.5. The number of ether oxygens (including phenoxy) is 1. The van der Waals surface area contributed by atoms with Gasteiger partial charge in [-0.2, -0.15) is 0 Å². The Kier molecular flexibility index (Phi) is 4.18. The summed E-state index contributed by atoms with van der Waals surface area (Å²) in [5.74, 6) is 0.0715. The Hall–Kier alpha value is -1.91. The monoisotopic (exact) mass is 285 g/mol. The van der Waals surface area contributed by atoms with E-state index in [1.165, 1.54) is 10.3 Å². The van der Waals surface area contributed by atoms with E-state index >= 15 is 0 Å².